The fourth-order valence-electron chi connectivity index (χ4n) is 1.26. The lowest BCUT2D eigenvalue weighted by atomic mass is 10.3. The molecule has 6 nitrogen and oxygen atoms in total. The molecule has 0 bridgehead atoms. The highest BCUT2D eigenvalue weighted by molar-refractivity contribution is 9.10. The molecular weight excluding hydrogens is 375 g/mol. The molecule has 0 unspecified atom stereocenters. The predicted octanol–water partition coefficient (Wildman–Crippen LogP) is 0.806. The van der Waals surface area contributed by atoms with E-state index in [0.29, 0.717) is 0 Å². The van der Waals surface area contributed by atoms with E-state index >= 15 is 0 Å². The highest BCUT2D eigenvalue weighted by Gasteiger charge is 2.17. The second-order valence-corrected chi connectivity index (χ2v) is 8.46. The molecule has 1 aromatic carbocycles. The van der Waals surface area contributed by atoms with Gasteiger partial charge >= 0.3 is 0 Å². The summed E-state index contributed by atoms with van der Waals surface area (Å²) in [4.78, 5) is -0.114. The molecule has 0 spiro atoms. The van der Waals surface area contributed by atoms with Gasteiger partial charge in [0, 0.05) is 17.6 Å². The Balaban J connectivity index is 2.67. The summed E-state index contributed by atoms with van der Waals surface area (Å²) < 4.78 is 63.6. The fraction of sp³-hybridized carbons (Fsp3) is 0.400. The molecule has 114 valence electrons. The third-order valence-electron chi connectivity index (χ3n) is 2.30. The van der Waals surface area contributed by atoms with Crippen LogP contribution in [0.15, 0.2) is 27.6 Å². The van der Waals surface area contributed by atoms with Crippen molar-refractivity contribution >= 4 is 36.0 Å². The molecule has 1 aromatic rings. The zero-order valence-electron chi connectivity index (χ0n) is 10.6. The summed E-state index contributed by atoms with van der Waals surface area (Å²) in [6, 6.07) is 3.19. The highest BCUT2D eigenvalue weighted by Crippen LogP contribution is 2.22. The monoisotopic (exact) mass is 388 g/mol. The van der Waals surface area contributed by atoms with Crippen molar-refractivity contribution in [2.75, 3.05) is 18.8 Å². The maximum Gasteiger partial charge on any atom is 0.241 e. The van der Waals surface area contributed by atoms with Crippen LogP contribution in [0.3, 0.4) is 0 Å². The first-order chi connectivity index (χ1) is 9.18. The lowest BCUT2D eigenvalue weighted by Gasteiger charge is -2.09. The van der Waals surface area contributed by atoms with Gasteiger partial charge in [-0.2, -0.15) is 0 Å². The second-order valence-electron chi connectivity index (χ2n) is 3.77. The normalized spacial score (nSPS) is 12.6. The Hall–Kier alpha value is -0.550. The summed E-state index contributed by atoms with van der Waals surface area (Å²) in [6.07, 6.45) is 0. The summed E-state index contributed by atoms with van der Waals surface area (Å²) in [5.41, 5.74) is 0. The van der Waals surface area contributed by atoms with Crippen LogP contribution in [0.5, 0.6) is 0 Å². The van der Waals surface area contributed by atoms with Crippen LogP contribution >= 0.6 is 15.9 Å². The molecule has 1 rings (SSSR count). The van der Waals surface area contributed by atoms with E-state index in [9.17, 15) is 21.2 Å². The fourth-order valence-corrected chi connectivity index (χ4v) is 3.96. The van der Waals surface area contributed by atoms with Crippen molar-refractivity contribution in [2.45, 2.75) is 11.8 Å². The molecule has 0 aliphatic rings. The smallest absolute Gasteiger partial charge is 0.214 e. The minimum Gasteiger partial charge on any atom is -0.214 e. The lowest BCUT2D eigenvalue weighted by molar-refractivity contribution is 0.570. The van der Waals surface area contributed by atoms with Crippen LogP contribution in [-0.2, 0) is 20.0 Å². The summed E-state index contributed by atoms with van der Waals surface area (Å²) in [7, 11) is -7.19. The number of benzene rings is 1. The Bertz CT molecular complexity index is 676. The van der Waals surface area contributed by atoms with Crippen molar-refractivity contribution in [2.24, 2.45) is 0 Å². The Morgan fingerprint density at radius 1 is 1.15 bits per heavy atom. The third-order valence-corrected chi connectivity index (χ3v) is 6.14. The van der Waals surface area contributed by atoms with Crippen LogP contribution in [-0.4, -0.2) is 35.7 Å². The third kappa shape index (κ3) is 5.09. The van der Waals surface area contributed by atoms with Crippen LogP contribution < -0.4 is 9.44 Å². The molecule has 10 heteroatoms. The van der Waals surface area contributed by atoms with Crippen LogP contribution in [0.1, 0.15) is 6.92 Å². The van der Waals surface area contributed by atoms with Gasteiger partial charge in [0.1, 0.15) is 5.82 Å². The molecule has 0 atom stereocenters. The molecule has 20 heavy (non-hydrogen) atoms. The zero-order chi connectivity index (χ0) is 15.4. The Kier molecular flexibility index (Phi) is 6.07. The number of nitrogens with one attached hydrogen (secondary N) is 2. The van der Waals surface area contributed by atoms with Gasteiger partial charge < -0.3 is 0 Å². The maximum atomic E-state index is 12.9. The van der Waals surface area contributed by atoms with Gasteiger partial charge in [0.05, 0.1) is 10.6 Å². The summed E-state index contributed by atoms with van der Waals surface area (Å²) in [5.74, 6) is -0.643. The summed E-state index contributed by atoms with van der Waals surface area (Å²) in [5, 5.41) is 0. The molecule has 0 amide bonds. The second kappa shape index (κ2) is 6.94. The maximum absolute atomic E-state index is 12.9. The van der Waals surface area contributed by atoms with Crippen molar-refractivity contribution in [3.8, 4) is 0 Å². The molecule has 2 N–H and O–H groups in total. The van der Waals surface area contributed by atoms with Gasteiger partial charge in [0.2, 0.25) is 20.0 Å². The van der Waals surface area contributed by atoms with Gasteiger partial charge in [-0.1, -0.05) is 0 Å². The quantitative estimate of drug-likeness (QED) is 0.675. The molecule has 0 radical (unpaired) electrons. The van der Waals surface area contributed by atoms with E-state index < -0.39 is 25.9 Å². The molecule has 0 aliphatic carbocycles. The van der Waals surface area contributed by atoms with E-state index in [-0.39, 0.29) is 28.2 Å². The first kappa shape index (κ1) is 17.5. The standard InChI is InChI=1S/C10H14BrFN2O4S2/c1-2-19(15,16)13-5-6-14-20(17,18)10-4-3-8(12)7-9(10)11/h3-4,7,13-14H,2,5-6H2,1H3. The van der Waals surface area contributed by atoms with Crippen LogP contribution in [0, 0.1) is 5.82 Å². The van der Waals surface area contributed by atoms with Crippen molar-refractivity contribution < 1.29 is 21.2 Å². The summed E-state index contributed by atoms with van der Waals surface area (Å²) in [6.45, 7) is 1.31. The zero-order valence-corrected chi connectivity index (χ0v) is 13.8. The van der Waals surface area contributed by atoms with Gasteiger partial charge in [0.25, 0.3) is 0 Å². The van der Waals surface area contributed by atoms with E-state index in [1.807, 2.05) is 0 Å². The van der Waals surface area contributed by atoms with Crippen LogP contribution in [0.2, 0.25) is 0 Å². The number of hydrogen-bond donors (Lipinski definition) is 2. The van der Waals surface area contributed by atoms with E-state index in [0.717, 1.165) is 18.2 Å². The SMILES string of the molecule is CCS(=O)(=O)NCCNS(=O)(=O)c1ccc(F)cc1Br. The van der Waals surface area contributed by atoms with E-state index in [1.165, 1.54) is 6.92 Å². The molecule has 0 heterocycles. The van der Waals surface area contributed by atoms with Gasteiger partial charge in [-0.05, 0) is 41.1 Å². The Morgan fingerprint density at radius 2 is 1.75 bits per heavy atom. The summed E-state index contributed by atoms with van der Waals surface area (Å²) >= 11 is 2.96. The highest BCUT2D eigenvalue weighted by atomic mass is 79.9. The number of halogens is 2. The van der Waals surface area contributed by atoms with Crippen molar-refractivity contribution in [1.29, 1.82) is 0 Å². The van der Waals surface area contributed by atoms with E-state index in [2.05, 4.69) is 25.4 Å². The molecule has 0 aromatic heterocycles. The number of rotatable bonds is 7. The first-order valence-corrected chi connectivity index (χ1v) is 9.53. The lowest BCUT2D eigenvalue weighted by Crippen LogP contribution is -2.35. The molecule has 0 saturated carbocycles. The first-order valence-electron chi connectivity index (χ1n) is 5.60. The number of sulfonamides is 2. The molecular formula is C10H14BrFN2O4S2. The van der Waals surface area contributed by atoms with Gasteiger partial charge in [-0.3, -0.25) is 0 Å². The topological polar surface area (TPSA) is 92.3 Å². The van der Waals surface area contributed by atoms with Crippen molar-refractivity contribution in [1.82, 2.24) is 9.44 Å². The number of hydrogen-bond acceptors (Lipinski definition) is 4. The largest absolute Gasteiger partial charge is 0.241 e. The molecule has 0 aliphatic heterocycles. The minimum atomic E-state index is -3.83. The Morgan fingerprint density at radius 3 is 2.30 bits per heavy atom. The van der Waals surface area contributed by atoms with Gasteiger partial charge in [-0.15, -0.1) is 0 Å². The van der Waals surface area contributed by atoms with Gasteiger partial charge in [-0.25, -0.2) is 30.7 Å². The predicted molar refractivity (Wildman–Crippen MR) is 76.8 cm³/mol. The minimum absolute atomic E-state index is 0.0613. The van der Waals surface area contributed by atoms with Crippen LogP contribution in [0.4, 0.5) is 4.39 Å². The van der Waals surface area contributed by atoms with E-state index in [4.69, 9.17) is 0 Å². The Labute approximate surface area is 126 Å². The molecule has 0 saturated heterocycles. The van der Waals surface area contributed by atoms with Crippen molar-refractivity contribution in [3.63, 3.8) is 0 Å². The van der Waals surface area contributed by atoms with Gasteiger partial charge in [0.15, 0.2) is 0 Å². The molecule has 0 fully saturated rings. The average molecular weight is 389 g/mol. The van der Waals surface area contributed by atoms with E-state index in [1.54, 1.807) is 0 Å². The average Bonchev–Trinajstić information content (AvgIpc) is 2.34. The van der Waals surface area contributed by atoms with Crippen LogP contribution in [0.25, 0.3) is 0 Å². The van der Waals surface area contributed by atoms with Crippen molar-refractivity contribution in [3.05, 3.63) is 28.5 Å².